The molecule has 148 valence electrons. The van der Waals surface area contributed by atoms with Gasteiger partial charge in [-0.25, -0.2) is 0 Å². The van der Waals surface area contributed by atoms with Gasteiger partial charge in [-0.2, -0.15) is 0 Å². The Balaban J connectivity index is 1.66. The Bertz CT molecular complexity index is 1020. The Morgan fingerprint density at radius 3 is 2.59 bits per heavy atom. The van der Waals surface area contributed by atoms with E-state index in [0.717, 1.165) is 16.7 Å². The molecular formula is C24H22ClNO3. The number of methoxy groups -OCH3 is 1. The molecule has 0 bridgehead atoms. The van der Waals surface area contributed by atoms with Crippen molar-refractivity contribution in [2.45, 2.75) is 13.5 Å². The summed E-state index contributed by atoms with van der Waals surface area (Å²) in [6.07, 6.45) is 3.19. The van der Waals surface area contributed by atoms with Gasteiger partial charge in [-0.3, -0.25) is 4.79 Å². The summed E-state index contributed by atoms with van der Waals surface area (Å²) in [5.74, 6) is 1.01. The minimum absolute atomic E-state index is 0.237. The predicted molar refractivity (Wildman–Crippen MR) is 118 cm³/mol. The molecule has 0 aromatic heterocycles. The number of benzene rings is 3. The lowest BCUT2D eigenvalue weighted by Crippen LogP contribution is -2.08. The van der Waals surface area contributed by atoms with Gasteiger partial charge in [0.05, 0.1) is 7.11 Å². The first-order chi connectivity index (χ1) is 14.0. The van der Waals surface area contributed by atoms with Gasteiger partial charge in [-0.05, 0) is 54.0 Å². The van der Waals surface area contributed by atoms with E-state index in [1.54, 1.807) is 25.3 Å². The highest BCUT2D eigenvalue weighted by atomic mass is 35.5. The standard InChI is InChI=1S/C24H22ClNO3/c1-17-8-11-20(25)15-21(17)26-24(27)13-10-18-9-12-22(23(14-18)28-2)29-16-19-6-4-3-5-7-19/h3-15H,16H2,1-2H3,(H,26,27)/b13-10+. The summed E-state index contributed by atoms with van der Waals surface area (Å²) in [6.45, 7) is 2.36. The zero-order valence-corrected chi connectivity index (χ0v) is 17.1. The van der Waals surface area contributed by atoms with E-state index in [4.69, 9.17) is 21.1 Å². The van der Waals surface area contributed by atoms with Crippen molar-refractivity contribution in [2.24, 2.45) is 0 Å². The molecule has 1 N–H and O–H groups in total. The van der Waals surface area contributed by atoms with Crippen LogP contribution in [0.4, 0.5) is 5.69 Å². The highest BCUT2D eigenvalue weighted by Gasteiger charge is 2.06. The number of amides is 1. The van der Waals surface area contributed by atoms with Gasteiger partial charge in [0.25, 0.3) is 0 Å². The molecule has 0 atom stereocenters. The first-order valence-corrected chi connectivity index (χ1v) is 9.53. The van der Waals surface area contributed by atoms with Crippen LogP contribution in [-0.4, -0.2) is 13.0 Å². The number of hydrogen-bond acceptors (Lipinski definition) is 3. The summed E-state index contributed by atoms with van der Waals surface area (Å²) < 4.78 is 11.3. The average molecular weight is 408 g/mol. The predicted octanol–water partition coefficient (Wildman–Crippen LogP) is 5.89. The van der Waals surface area contributed by atoms with Crippen molar-refractivity contribution in [1.82, 2.24) is 0 Å². The fraction of sp³-hybridized carbons (Fsp3) is 0.125. The van der Waals surface area contributed by atoms with Gasteiger partial charge in [0.1, 0.15) is 6.61 Å². The third-order valence-electron chi connectivity index (χ3n) is 4.31. The number of aryl methyl sites for hydroxylation is 1. The van der Waals surface area contributed by atoms with Crippen LogP contribution in [0, 0.1) is 6.92 Å². The number of halogens is 1. The number of carbonyl (C=O) groups is 1. The highest BCUT2D eigenvalue weighted by molar-refractivity contribution is 6.31. The number of anilines is 1. The molecule has 0 unspecified atom stereocenters. The molecule has 4 nitrogen and oxygen atoms in total. The lowest BCUT2D eigenvalue weighted by molar-refractivity contribution is -0.111. The Kier molecular flexibility index (Phi) is 6.93. The molecule has 0 saturated heterocycles. The highest BCUT2D eigenvalue weighted by Crippen LogP contribution is 2.29. The second kappa shape index (κ2) is 9.80. The molecule has 29 heavy (non-hydrogen) atoms. The first kappa shape index (κ1) is 20.5. The van der Waals surface area contributed by atoms with Gasteiger partial charge >= 0.3 is 0 Å². The maximum Gasteiger partial charge on any atom is 0.248 e. The molecule has 0 saturated carbocycles. The lowest BCUT2D eigenvalue weighted by Gasteiger charge is -2.11. The second-order valence-electron chi connectivity index (χ2n) is 6.47. The van der Waals surface area contributed by atoms with Gasteiger partial charge in [0.15, 0.2) is 11.5 Å². The van der Waals surface area contributed by atoms with E-state index in [-0.39, 0.29) is 5.91 Å². The van der Waals surface area contributed by atoms with Gasteiger partial charge in [0.2, 0.25) is 5.91 Å². The zero-order chi connectivity index (χ0) is 20.6. The quantitative estimate of drug-likeness (QED) is 0.497. The summed E-state index contributed by atoms with van der Waals surface area (Å²) in [4.78, 5) is 12.2. The molecular weight excluding hydrogens is 386 g/mol. The molecule has 3 aromatic rings. The summed E-state index contributed by atoms with van der Waals surface area (Å²) in [6, 6.07) is 20.8. The Hall–Kier alpha value is -3.24. The molecule has 3 rings (SSSR count). The molecule has 0 heterocycles. The first-order valence-electron chi connectivity index (χ1n) is 9.15. The van der Waals surface area contributed by atoms with Crippen LogP contribution >= 0.6 is 11.6 Å². The third-order valence-corrected chi connectivity index (χ3v) is 4.54. The number of hydrogen-bond donors (Lipinski definition) is 1. The second-order valence-corrected chi connectivity index (χ2v) is 6.90. The summed E-state index contributed by atoms with van der Waals surface area (Å²) in [5.41, 5.74) is 3.53. The third kappa shape index (κ3) is 5.87. The van der Waals surface area contributed by atoms with Crippen molar-refractivity contribution in [1.29, 1.82) is 0 Å². The van der Waals surface area contributed by atoms with Gasteiger partial charge in [-0.1, -0.05) is 54.1 Å². The molecule has 0 aliphatic heterocycles. The molecule has 0 fully saturated rings. The maximum absolute atomic E-state index is 12.2. The van der Waals surface area contributed by atoms with Crippen LogP contribution in [0.2, 0.25) is 5.02 Å². The Labute approximate surface area is 175 Å². The van der Waals surface area contributed by atoms with Crippen LogP contribution in [0.1, 0.15) is 16.7 Å². The van der Waals surface area contributed by atoms with Crippen LogP contribution in [0.5, 0.6) is 11.5 Å². The fourth-order valence-electron chi connectivity index (χ4n) is 2.72. The minimum Gasteiger partial charge on any atom is -0.493 e. The summed E-state index contributed by atoms with van der Waals surface area (Å²) in [7, 11) is 1.59. The Morgan fingerprint density at radius 2 is 1.83 bits per heavy atom. The number of rotatable bonds is 7. The lowest BCUT2D eigenvalue weighted by atomic mass is 10.1. The molecule has 5 heteroatoms. The van der Waals surface area contributed by atoms with Gasteiger partial charge in [-0.15, -0.1) is 0 Å². The smallest absolute Gasteiger partial charge is 0.248 e. The van der Waals surface area contributed by atoms with Crippen LogP contribution in [-0.2, 0) is 11.4 Å². The molecule has 0 spiro atoms. The van der Waals surface area contributed by atoms with Crippen LogP contribution in [0.15, 0.2) is 72.8 Å². The van der Waals surface area contributed by atoms with E-state index in [1.165, 1.54) is 6.08 Å². The monoisotopic (exact) mass is 407 g/mol. The number of carbonyl (C=O) groups excluding carboxylic acids is 1. The topological polar surface area (TPSA) is 47.6 Å². The average Bonchev–Trinajstić information content (AvgIpc) is 2.74. The SMILES string of the molecule is COc1cc(/C=C/C(=O)Nc2cc(Cl)ccc2C)ccc1OCc1ccccc1. The van der Waals surface area contributed by atoms with E-state index in [0.29, 0.717) is 28.8 Å². The summed E-state index contributed by atoms with van der Waals surface area (Å²) in [5, 5.41) is 3.41. The van der Waals surface area contributed by atoms with Crippen molar-refractivity contribution in [3.8, 4) is 11.5 Å². The van der Waals surface area contributed by atoms with Crippen LogP contribution in [0.3, 0.4) is 0 Å². The minimum atomic E-state index is -0.237. The fourth-order valence-corrected chi connectivity index (χ4v) is 2.89. The van der Waals surface area contributed by atoms with E-state index in [1.807, 2.05) is 61.5 Å². The number of ether oxygens (including phenoxy) is 2. The largest absolute Gasteiger partial charge is 0.493 e. The van der Waals surface area contributed by atoms with Crippen molar-refractivity contribution in [2.75, 3.05) is 12.4 Å². The van der Waals surface area contributed by atoms with Gasteiger partial charge in [0, 0.05) is 16.8 Å². The molecule has 0 radical (unpaired) electrons. The molecule has 1 amide bonds. The van der Waals surface area contributed by atoms with E-state index in [2.05, 4.69) is 5.32 Å². The van der Waals surface area contributed by atoms with E-state index < -0.39 is 0 Å². The zero-order valence-electron chi connectivity index (χ0n) is 16.3. The van der Waals surface area contributed by atoms with Crippen LogP contribution in [0.25, 0.3) is 6.08 Å². The maximum atomic E-state index is 12.2. The van der Waals surface area contributed by atoms with Gasteiger partial charge < -0.3 is 14.8 Å². The summed E-state index contributed by atoms with van der Waals surface area (Å²) >= 11 is 5.99. The van der Waals surface area contributed by atoms with Crippen molar-refractivity contribution in [3.05, 3.63) is 94.5 Å². The molecule has 3 aromatic carbocycles. The number of nitrogens with one attached hydrogen (secondary N) is 1. The normalized spacial score (nSPS) is 10.7. The van der Waals surface area contributed by atoms with E-state index >= 15 is 0 Å². The van der Waals surface area contributed by atoms with Crippen LogP contribution < -0.4 is 14.8 Å². The molecule has 0 aliphatic carbocycles. The van der Waals surface area contributed by atoms with E-state index in [9.17, 15) is 4.79 Å². The van der Waals surface area contributed by atoms with Crippen molar-refractivity contribution >= 4 is 29.3 Å². The van der Waals surface area contributed by atoms with Crippen molar-refractivity contribution in [3.63, 3.8) is 0 Å². The molecule has 0 aliphatic rings. The Morgan fingerprint density at radius 1 is 1.03 bits per heavy atom. The van der Waals surface area contributed by atoms with Crippen molar-refractivity contribution < 1.29 is 14.3 Å².